The van der Waals surface area contributed by atoms with Gasteiger partial charge in [-0.2, -0.15) is 17.0 Å². The Bertz CT molecular complexity index is 457. The number of anilines is 1. The van der Waals surface area contributed by atoms with Gasteiger partial charge in [0.15, 0.2) is 0 Å². The molecule has 2 unspecified atom stereocenters. The van der Waals surface area contributed by atoms with E-state index in [-0.39, 0.29) is 0 Å². The van der Waals surface area contributed by atoms with Crippen LogP contribution in [0.1, 0.15) is 25.0 Å². The summed E-state index contributed by atoms with van der Waals surface area (Å²) >= 11 is 2.02. The van der Waals surface area contributed by atoms with Crippen molar-refractivity contribution < 1.29 is 0 Å². The third-order valence-electron chi connectivity index (χ3n) is 3.18. The van der Waals surface area contributed by atoms with Crippen molar-refractivity contribution >= 4 is 17.4 Å². The number of hydrogen-bond acceptors (Lipinski definition) is 4. The molecule has 96 valence electrons. The summed E-state index contributed by atoms with van der Waals surface area (Å²) in [7, 11) is 0. The lowest BCUT2D eigenvalue weighted by molar-refractivity contribution is 0.727. The molecule has 1 aliphatic heterocycles. The van der Waals surface area contributed by atoms with Crippen LogP contribution in [0.4, 0.5) is 5.69 Å². The van der Waals surface area contributed by atoms with Gasteiger partial charge >= 0.3 is 0 Å². The highest BCUT2D eigenvalue weighted by molar-refractivity contribution is 8.00. The lowest BCUT2D eigenvalue weighted by Gasteiger charge is -2.36. The van der Waals surface area contributed by atoms with Crippen LogP contribution in [0.3, 0.4) is 0 Å². The van der Waals surface area contributed by atoms with E-state index < -0.39 is 0 Å². The smallest absolute Gasteiger partial charge is 0.101 e. The fourth-order valence-corrected chi connectivity index (χ4v) is 3.78. The molecule has 1 heterocycles. The summed E-state index contributed by atoms with van der Waals surface area (Å²) in [5, 5.41) is 10.5. The minimum Gasteiger partial charge on any atom is -0.368 e. The molecule has 0 amide bonds. The van der Waals surface area contributed by atoms with Gasteiger partial charge in [0, 0.05) is 30.1 Å². The molecule has 2 N–H and O–H groups in total. The van der Waals surface area contributed by atoms with Crippen molar-refractivity contribution in [3.05, 3.63) is 29.3 Å². The average molecular weight is 261 g/mol. The summed E-state index contributed by atoms with van der Waals surface area (Å²) in [5.74, 6) is 0. The van der Waals surface area contributed by atoms with E-state index in [2.05, 4.69) is 24.8 Å². The molecule has 3 nitrogen and oxygen atoms in total. The van der Waals surface area contributed by atoms with E-state index in [1.165, 1.54) is 0 Å². The topological polar surface area (TPSA) is 53.0 Å². The van der Waals surface area contributed by atoms with Gasteiger partial charge in [-0.15, -0.1) is 0 Å². The summed E-state index contributed by atoms with van der Waals surface area (Å²) in [6.07, 6.45) is 0. The molecule has 0 bridgehead atoms. The highest BCUT2D eigenvalue weighted by Gasteiger charge is 2.23. The van der Waals surface area contributed by atoms with Crippen LogP contribution in [0, 0.1) is 11.3 Å². The van der Waals surface area contributed by atoms with Crippen molar-refractivity contribution in [1.82, 2.24) is 0 Å². The van der Waals surface area contributed by atoms with Crippen LogP contribution in [0.25, 0.3) is 0 Å². The Hall–Kier alpha value is -1.18. The van der Waals surface area contributed by atoms with Gasteiger partial charge in [-0.25, -0.2) is 0 Å². The number of nitrogens with zero attached hydrogens (tertiary/aromatic N) is 2. The Morgan fingerprint density at radius 2 is 2.06 bits per heavy atom. The van der Waals surface area contributed by atoms with Crippen LogP contribution in [0.5, 0.6) is 0 Å². The molecule has 1 aromatic rings. The molecule has 1 saturated heterocycles. The lowest BCUT2D eigenvalue weighted by Crippen LogP contribution is -2.40. The zero-order chi connectivity index (χ0) is 13.1. The Kier molecular flexibility index (Phi) is 4.15. The first-order valence-electron chi connectivity index (χ1n) is 6.27. The van der Waals surface area contributed by atoms with Crippen LogP contribution in [0.2, 0.25) is 0 Å². The van der Waals surface area contributed by atoms with Gasteiger partial charge in [0.25, 0.3) is 0 Å². The molecule has 1 aliphatic rings. The Morgan fingerprint density at radius 3 is 2.61 bits per heavy atom. The maximum atomic E-state index is 9.28. The maximum absolute atomic E-state index is 9.28. The van der Waals surface area contributed by atoms with Gasteiger partial charge < -0.3 is 10.6 Å². The number of thioether (sulfide) groups is 1. The number of benzene rings is 1. The van der Waals surface area contributed by atoms with E-state index in [0.29, 0.717) is 17.0 Å². The average Bonchev–Trinajstić information content (AvgIpc) is 2.36. The summed E-state index contributed by atoms with van der Waals surface area (Å²) in [6, 6.07) is 8.26. The lowest BCUT2D eigenvalue weighted by atomic mass is 10.1. The Balaban J connectivity index is 2.30. The second-order valence-corrected chi connectivity index (χ2v) is 6.71. The quantitative estimate of drug-likeness (QED) is 0.888. The minimum absolute atomic E-state index is 0.484. The second-order valence-electron chi connectivity index (χ2n) is 4.83. The van der Waals surface area contributed by atoms with Crippen LogP contribution in [-0.4, -0.2) is 23.6 Å². The SMILES string of the molecule is CC1CN(c2ccc(CN)cc2C#N)CC(C)S1. The van der Waals surface area contributed by atoms with Crippen molar-refractivity contribution in [1.29, 1.82) is 5.26 Å². The Morgan fingerprint density at radius 1 is 1.39 bits per heavy atom. The van der Waals surface area contributed by atoms with E-state index in [1.54, 1.807) is 0 Å². The normalized spacial score (nSPS) is 23.8. The molecule has 2 rings (SSSR count). The van der Waals surface area contributed by atoms with Gasteiger partial charge in [-0.3, -0.25) is 0 Å². The molecule has 1 aromatic carbocycles. The molecule has 1 fully saturated rings. The molecule has 0 aliphatic carbocycles. The molecule has 0 saturated carbocycles. The molecule has 18 heavy (non-hydrogen) atoms. The monoisotopic (exact) mass is 261 g/mol. The maximum Gasteiger partial charge on any atom is 0.101 e. The molecule has 0 aromatic heterocycles. The van der Waals surface area contributed by atoms with Crippen molar-refractivity contribution in [2.45, 2.75) is 30.9 Å². The van der Waals surface area contributed by atoms with Crippen molar-refractivity contribution in [3.8, 4) is 6.07 Å². The van der Waals surface area contributed by atoms with E-state index in [9.17, 15) is 5.26 Å². The summed E-state index contributed by atoms with van der Waals surface area (Å²) < 4.78 is 0. The standard InChI is InChI=1S/C14H19N3S/c1-10-8-17(9-11(2)18-10)14-4-3-12(6-15)5-13(14)7-16/h3-5,10-11H,6,8-9,15H2,1-2H3. The van der Waals surface area contributed by atoms with E-state index in [0.717, 1.165) is 29.9 Å². The first-order valence-corrected chi connectivity index (χ1v) is 7.21. The molecular formula is C14H19N3S. The predicted octanol–water partition coefficient (Wildman–Crippen LogP) is 2.35. The van der Waals surface area contributed by atoms with Gasteiger partial charge in [-0.05, 0) is 17.7 Å². The Labute approximate surface area is 113 Å². The molecule has 0 radical (unpaired) electrons. The predicted molar refractivity (Wildman–Crippen MR) is 77.8 cm³/mol. The van der Waals surface area contributed by atoms with Crippen LogP contribution >= 0.6 is 11.8 Å². The van der Waals surface area contributed by atoms with Crippen LogP contribution < -0.4 is 10.6 Å². The van der Waals surface area contributed by atoms with Gasteiger partial charge in [-0.1, -0.05) is 19.9 Å². The zero-order valence-electron chi connectivity index (χ0n) is 10.9. The molecule has 4 heteroatoms. The van der Waals surface area contributed by atoms with E-state index in [1.807, 2.05) is 30.0 Å². The fraction of sp³-hybridized carbons (Fsp3) is 0.500. The number of nitriles is 1. The summed E-state index contributed by atoms with van der Waals surface area (Å²) in [5.41, 5.74) is 8.43. The highest BCUT2D eigenvalue weighted by Crippen LogP contribution is 2.30. The van der Waals surface area contributed by atoms with Crippen molar-refractivity contribution in [2.24, 2.45) is 5.73 Å². The highest BCUT2D eigenvalue weighted by atomic mass is 32.2. The molecular weight excluding hydrogens is 242 g/mol. The van der Waals surface area contributed by atoms with Crippen molar-refractivity contribution in [2.75, 3.05) is 18.0 Å². The third kappa shape index (κ3) is 2.80. The van der Waals surface area contributed by atoms with Crippen LogP contribution in [0.15, 0.2) is 18.2 Å². The van der Waals surface area contributed by atoms with Gasteiger partial charge in [0.2, 0.25) is 0 Å². The van der Waals surface area contributed by atoms with Gasteiger partial charge in [0.05, 0.1) is 11.3 Å². The van der Waals surface area contributed by atoms with Gasteiger partial charge in [0.1, 0.15) is 6.07 Å². The fourth-order valence-electron chi connectivity index (χ4n) is 2.45. The van der Waals surface area contributed by atoms with Crippen LogP contribution in [-0.2, 0) is 6.54 Å². The van der Waals surface area contributed by atoms with E-state index >= 15 is 0 Å². The first-order chi connectivity index (χ1) is 8.63. The number of rotatable bonds is 2. The molecule has 0 spiro atoms. The second kappa shape index (κ2) is 5.64. The zero-order valence-corrected chi connectivity index (χ0v) is 11.7. The van der Waals surface area contributed by atoms with Crippen molar-refractivity contribution in [3.63, 3.8) is 0 Å². The van der Waals surface area contributed by atoms with E-state index in [4.69, 9.17) is 5.73 Å². The minimum atomic E-state index is 0.484. The molecule has 2 atom stereocenters. The first kappa shape index (κ1) is 13.3. The largest absolute Gasteiger partial charge is 0.368 e. The summed E-state index contributed by atoms with van der Waals surface area (Å²) in [6.45, 7) is 6.98. The summed E-state index contributed by atoms with van der Waals surface area (Å²) in [4.78, 5) is 2.32. The number of nitrogens with two attached hydrogens (primary N) is 1. The number of hydrogen-bond donors (Lipinski definition) is 1. The third-order valence-corrected chi connectivity index (χ3v) is 4.40.